The van der Waals surface area contributed by atoms with E-state index in [1.54, 1.807) is 12.1 Å². The van der Waals surface area contributed by atoms with Gasteiger partial charge in [0.15, 0.2) is 0 Å². The van der Waals surface area contributed by atoms with Crippen LogP contribution in [0.5, 0.6) is 5.75 Å². The predicted molar refractivity (Wildman–Crippen MR) is 93.0 cm³/mol. The number of hydrogen-bond donors (Lipinski definition) is 1. The highest BCUT2D eigenvalue weighted by atomic mass is 79.9. The largest absolute Gasteiger partial charge is 0.491 e. The van der Waals surface area contributed by atoms with Crippen LogP contribution in [-0.2, 0) is 4.74 Å². The van der Waals surface area contributed by atoms with Crippen molar-refractivity contribution in [3.05, 3.63) is 58.6 Å². The van der Waals surface area contributed by atoms with Crippen LogP contribution >= 0.6 is 15.9 Å². The van der Waals surface area contributed by atoms with Gasteiger partial charge in [0.1, 0.15) is 12.4 Å². The van der Waals surface area contributed by atoms with Gasteiger partial charge in [-0.3, -0.25) is 4.79 Å². The molecule has 1 unspecified atom stereocenters. The van der Waals surface area contributed by atoms with Crippen LogP contribution in [0.3, 0.4) is 0 Å². The Bertz CT molecular complexity index is 666. The Hall–Kier alpha value is -1.85. The summed E-state index contributed by atoms with van der Waals surface area (Å²) >= 11 is 3.42. The molecule has 3 rings (SSSR count). The van der Waals surface area contributed by atoms with Gasteiger partial charge in [0.05, 0.1) is 11.8 Å². The van der Waals surface area contributed by atoms with Crippen molar-refractivity contribution in [1.82, 2.24) is 0 Å². The SMILES string of the molecule is O=C(Nc1ccccc1Br)c1ccc(OCC2CCCO2)cc1. The number of rotatable bonds is 5. The van der Waals surface area contributed by atoms with E-state index in [1.165, 1.54) is 0 Å². The first-order chi connectivity index (χ1) is 11.2. The third kappa shape index (κ3) is 4.33. The maximum atomic E-state index is 12.3. The Balaban J connectivity index is 1.57. The maximum Gasteiger partial charge on any atom is 0.255 e. The van der Waals surface area contributed by atoms with Crippen LogP contribution in [0.15, 0.2) is 53.0 Å². The number of halogens is 1. The third-order valence-corrected chi connectivity index (χ3v) is 4.39. The lowest BCUT2D eigenvalue weighted by atomic mass is 10.2. The first kappa shape index (κ1) is 16.0. The van der Waals surface area contributed by atoms with Crippen molar-refractivity contribution in [3.63, 3.8) is 0 Å². The maximum absolute atomic E-state index is 12.3. The van der Waals surface area contributed by atoms with Gasteiger partial charge in [0.2, 0.25) is 0 Å². The van der Waals surface area contributed by atoms with E-state index < -0.39 is 0 Å². The van der Waals surface area contributed by atoms with E-state index in [4.69, 9.17) is 9.47 Å². The van der Waals surface area contributed by atoms with Crippen molar-refractivity contribution in [2.45, 2.75) is 18.9 Å². The lowest BCUT2D eigenvalue weighted by Gasteiger charge is -2.12. The fourth-order valence-electron chi connectivity index (χ4n) is 2.42. The van der Waals surface area contributed by atoms with Gasteiger partial charge < -0.3 is 14.8 Å². The minimum Gasteiger partial charge on any atom is -0.491 e. The number of amides is 1. The zero-order valence-electron chi connectivity index (χ0n) is 12.6. The Kier molecular flexibility index (Phi) is 5.31. The van der Waals surface area contributed by atoms with E-state index in [1.807, 2.05) is 36.4 Å². The first-order valence-electron chi connectivity index (χ1n) is 7.63. The summed E-state index contributed by atoms with van der Waals surface area (Å²) in [5, 5.41) is 2.88. The van der Waals surface area contributed by atoms with Crippen molar-refractivity contribution < 1.29 is 14.3 Å². The molecule has 1 fully saturated rings. The van der Waals surface area contributed by atoms with Gasteiger partial charge in [0, 0.05) is 16.6 Å². The number of para-hydroxylation sites is 1. The minimum absolute atomic E-state index is 0.150. The molecule has 1 aliphatic rings. The van der Waals surface area contributed by atoms with Gasteiger partial charge >= 0.3 is 0 Å². The average Bonchev–Trinajstić information content (AvgIpc) is 3.09. The molecule has 0 aliphatic carbocycles. The zero-order chi connectivity index (χ0) is 16.1. The minimum atomic E-state index is -0.150. The van der Waals surface area contributed by atoms with Crippen LogP contribution in [0, 0.1) is 0 Å². The summed E-state index contributed by atoms with van der Waals surface area (Å²) in [6.07, 6.45) is 2.34. The average molecular weight is 376 g/mol. The molecule has 2 aromatic rings. The van der Waals surface area contributed by atoms with Gasteiger partial charge in [-0.05, 0) is 65.2 Å². The molecule has 1 atom stereocenters. The van der Waals surface area contributed by atoms with Crippen molar-refractivity contribution in [3.8, 4) is 5.75 Å². The monoisotopic (exact) mass is 375 g/mol. The molecular formula is C18H18BrNO3. The lowest BCUT2D eigenvalue weighted by Crippen LogP contribution is -2.16. The molecule has 0 aromatic heterocycles. The zero-order valence-corrected chi connectivity index (χ0v) is 14.2. The molecule has 1 amide bonds. The molecule has 2 aromatic carbocycles. The summed E-state index contributed by atoms with van der Waals surface area (Å²) in [7, 11) is 0. The van der Waals surface area contributed by atoms with E-state index >= 15 is 0 Å². The van der Waals surface area contributed by atoms with Gasteiger partial charge in [0.25, 0.3) is 5.91 Å². The van der Waals surface area contributed by atoms with Crippen molar-refractivity contribution >= 4 is 27.5 Å². The van der Waals surface area contributed by atoms with E-state index in [0.717, 1.165) is 35.4 Å². The number of nitrogens with one attached hydrogen (secondary N) is 1. The second-order valence-electron chi connectivity index (χ2n) is 5.40. The van der Waals surface area contributed by atoms with Crippen LogP contribution in [0.25, 0.3) is 0 Å². The van der Waals surface area contributed by atoms with Gasteiger partial charge in [-0.25, -0.2) is 0 Å². The Morgan fingerprint density at radius 2 is 2.00 bits per heavy atom. The molecule has 23 heavy (non-hydrogen) atoms. The molecule has 1 saturated heterocycles. The lowest BCUT2D eigenvalue weighted by molar-refractivity contribution is 0.0679. The highest BCUT2D eigenvalue weighted by molar-refractivity contribution is 9.10. The summed E-state index contributed by atoms with van der Waals surface area (Å²) in [5.41, 5.74) is 1.33. The normalized spacial score (nSPS) is 17.0. The van der Waals surface area contributed by atoms with Crippen LogP contribution in [0.2, 0.25) is 0 Å². The molecule has 5 heteroatoms. The summed E-state index contributed by atoms with van der Waals surface area (Å²) < 4.78 is 12.1. The van der Waals surface area contributed by atoms with Gasteiger partial charge in [-0.2, -0.15) is 0 Å². The summed E-state index contributed by atoms with van der Waals surface area (Å²) in [5.74, 6) is 0.598. The molecule has 120 valence electrons. The van der Waals surface area contributed by atoms with E-state index in [0.29, 0.717) is 12.2 Å². The van der Waals surface area contributed by atoms with Crippen molar-refractivity contribution in [2.75, 3.05) is 18.5 Å². The van der Waals surface area contributed by atoms with Crippen molar-refractivity contribution in [2.24, 2.45) is 0 Å². The standard InChI is InChI=1S/C18H18BrNO3/c19-16-5-1-2-6-17(16)20-18(21)13-7-9-14(10-8-13)23-12-15-4-3-11-22-15/h1-2,5-10,15H,3-4,11-12H2,(H,20,21). The fourth-order valence-corrected chi connectivity index (χ4v) is 2.81. The highest BCUT2D eigenvalue weighted by Gasteiger charge is 2.16. The molecule has 0 saturated carbocycles. The van der Waals surface area contributed by atoms with Crippen LogP contribution in [0.1, 0.15) is 23.2 Å². The fraction of sp³-hybridized carbons (Fsp3) is 0.278. The highest BCUT2D eigenvalue weighted by Crippen LogP contribution is 2.22. The van der Waals surface area contributed by atoms with Crippen molar-refractivity contribution in [1.29, 1.82) is 0 Å². The van der Waals surface area contributed by atoms with Gasteiger partial charge in [-0.15, -0.1) is 0 Å². The second kappa shape index (κ2) is 7.62. The molecular weight excluding hydrogens is 358 g/mol. The van der Waals surface area contributed by atoms with Crippen LogP contribution in [0.4, 0.5) is 5.69 Å². The molecule has 4 nitrogen and oxygen atoms in total. The number of carbonyl (C=O) groups is 1. The number of carbonyl (C=O) groups excluding carboxylic acids is 1. The molecule has 1 aliphatic heterocycles. The van der Waals surface area contributed by atoms with Crippen LogP contribution in [-0.4, -0.2) is 25.2 Å². The predicted octanol–water partition coefficient (Wildman–Crippen LogP) is 4.26. The Labute approximate surface area is 143 Å². The first-order valence-corrected chi connectivity index (χ1v) is 8.42. The third-order valence-electron chi connectivity index (χ3n) is 3.70. The topological polar surface area (TPSA) is 47.6 Å². The summed E-state index contributed by atoms with van der Waals surface area (Å²) in [6, 6.07) is 14.7. The molecule has 0 bridgehead atoms. The van der Waals surface area contributed by atoms with Crippen LogP contribution < -0.4 is 10.1 Å². The number of ether oxygens (including phenoxy) is 2. The molecule has 0 radical (unpaired) electrons. The van der Waals surface area contributed by atoms with E-state index in [2.05, 4.69) is 21.2 Å². The smallest absolute Gasteiger partial charge is 0.255 e. The quantitative estimate of drug-likeness (QED) is 0.848. The number of hydrogen-bond acceptors (Lipinski definition) is 3. The van der Waals surface area contributed by atoms with E-state index in [-0.39, 0.29) is 12.0 Å². The Morgan fingerprint density at radius 1 is 1.22 bits per heavy atom. The molecule has 0 spiro atoms. The van der Waals surface area contributed by atoms with Gasteiger partial charge in [-0.1, -0.05) is 12.1 Å². The second-order valence-corrected chi connectivity index (χ2v) is 6.26. The summed E-state index contributed by atoms with van der Waals surface area (Å²) in [4.78, 5) is 12.3. The summed E-state index contributed by atoms with van der Waals surface area (Å²) in [6.45, 7) is 1.38. The van der Waals surface area contributed by atoms with E-state index in [9.17, 15) is 4.79 Å². The number of anilines is 1. The molecule has 1 N–H and O–H groups in total. The molecule has 1 heterocycles. The number of benzene rings is 2. The Morgan fingerprint density at radius 3 is 2.70 bits per heavy atom.